The molecular weight excluding hydrogens is 457 g/mol. The number of para-hydroxylation sites is 1. The van der Waals surface area contributed by atoms with Crippen molar-refractivity contribution < 1.29 is 0 Å². The molecule has 28 heavy (non-hydrogen) atoms. The second-order valence-electron chi connectivity index (χ2n) is 6.89. The predicted octanol–water partition coefficient (Wildman–Crippen LogP) is 6.46. The third kappa shape index (κ3) is 2.15. The van der Waals surface area contributed by atoms with Crippen molar-refractivity contribution in [2.24, 2.45) is 0 Å². The summed E-state index contributed by atoms with van der Waals surface area (Å²) >= 11 is 2.39. The minimum atomic E-state index is 0.879. The summed E-state index contributed by atoms with van der Waals surface area (Å²) < 4.78 is 3.44. The number of fused-ring (bicyclic) bond motifs is 7. The van der Waals surface area contributed by atoms with Crippen molar-refractivity contribution in [3.05, 3.63) is 88.5 Å². The maximum Gasteiger partial charge on any atom is 0.169 e. The highest BCUT2D eigenvalue weighted by Crippen LogP contribution is 2.35. The molecule has 0 unspecified atom stereocenters. The summed E-state index contributed by atoms with van der Waals surface area (Å²) in [5.74, 6) is 0.879. The molecule has 2 heterocycles. The Morgan fingerprint density at radius 3 is 2.14 bits per heavy atom. The van der Waals surface area contributed by atoms with Crippen molar-refractivity contribution in [3.63, 3.8) is 0 Å². The van der Waals surface area contributed by atoms with Crippen molar-refractivity contribution in [1.29, 1.82) is 0 Å². The second-order valence-corrected chi connectivity index (χ2v) is 8.05. The summed E-state index contributed by atoms with van der Waals surface area (Å²) in [4.78, 5) is 0. The Bertz CT molecular complexity index is 1530. The van der Waals surface area contributed by atoms with E-state index in [1.54, 1.807) is 0 Å². The lowest BCUT2D eigenvalue weighted by Gasteiger charge is -2.11. The first-order valence-electron chi connectivity index (χ1n) is 9.15. The van der Waals surface area contributed by atoms with Gasteiger partial charge in [0.25, 0.3) is 0 Å². The molecule has 2 aromatic heterocycles. The van der Waals surface area contributed by atoms with Crippen LogP contribution in [0.1, 0.15) is 0 Å². The molecule has 0 fully saturated rings. The van der Waals surface area contributed by atoms with Gasteiger partial charge in [-0.3, -0.25) is 4.40 Å². The van der Waals surface area contributed by atoms with Crippen LogP contribution in [0.3, 0.4) is 0 Å². The summed E-state index contributed by atoms with van der Waals surface area (Å²) in [5.41, 5.74) is 3.12. The van der Waals surface area contributed by atoms with Crippen LogP contribution >= 0.6 is 22.6 Å². The number of rotatable bonds is 1. The van der Waals surface area contributed by atoms with E-state index < -0.39 is 0 Å². The molecule has 3 nitrogen and oxygen atoms in total. The van der Waals surface area contributed by atoms with E-state index in [1.807, 2.05) is 0 Å². The van der Waals surface area contributed by atoms with E-state index in [4.69, 9.17) is 0 Å². The SMILES string of the molecule is Ic1cccc2c(-c3nnc4c5ccccc5c5ccccc5n34)cccc12. The van der Waals surface area contributed by atoms with Gasteiger partial charge < -0.3 is 0 Å². The van der Waals surface area contributed by atoms with Crippen molar-refractivity contribution in [3.8, 4) is 11.4 Å². The first-order chi connectivity index (χ1) is 13.8. The summed E-state index contributed by atoms with van der Waals surface area (Å²) in [6.45, 7) is 0. The molecule has 6 aromatic rings. The predicted molar refractivity (Wildman–Crippen MR) is 124 cm³/mol. The Balaban J connectivity index is 1.84. The molecule has 0 aliphatic heterocycles. The number of aromatic nitrogens is 3. The topological polar surface area (TPSA) is 30.2 Å². The van der Waals surface area contributed by atoms with Crippen molar-refractivity contribution >= 4 is 60.7 Å². The van der Waals surface area contributed by atoms with E-state index in [0.717, 1.165) is 27.9 Å². The molecule has 0 spiro atoms. The fraction of sp³-hybridized carbons (Fsp3) is 0. The monoisotopic (exact) mass is 471 g/mol. The van der Waals surface area contributed by atoms with Gasteiger partial charge in [-0.2, -0.15) is 0 Å². The van der Waals surface area contributed by atoms with Gasteiger partial charge in [0.2, 0.25) is 0 Å². The second kappa shape index (κ2) is 6.01. The first kappa shape index (κ1) is 16.0. The Kier molecular flexibility index (Phi) is 3.43. The van der Waals surface area contributed by atoms with E-state index in [-0.39, 0.29) is 0 Å². The first-order valence-corrected chi connectivity index (χ1v) is 10.2. The van der Waals surface area contributed by atoms with Gasteiger partial charge in [0.1, 0.15) is 0 Å². The molecule has 0 bridgehead atoms. The molecule has 0 saturated carbocycles. The van der Waals surface area contributed by atoms with Crippen LogP contribution in [0.5, 0.6) is 0 Å². The molecule has 0 atom stereocenters. The van der Waals surface area contributed by atoms with E-state index in [9.17, 15) is 0 Å². The number of hydrogen-bond acceptors (Lipinski definition) is 2. The largest absolute Gasteiger partial charge is 0.274 e. The van der Waals surface area contributed by atoms with Crippen molar-refractivity contribution in [1.82, 2.24) is 14.6 Å². The lowest BCUT2D eigenvalue weighted by molar-refractivity contribution is 1.12. The maximum atomic E-state index is 4.66. The molecule has 0 N–H and O–H groups in total. The van der Waals surface area contributed by atoms with E-state index >= 15 is 0 Å². The lowest BCUT2D eigenvalue weighted by Crippen LogP contribution is -1.95. The average molecular weight is 471 g/mol. The Labute approximate surface area is 174 Å². The van der Waals surface area contributed by atoms with Crippen LogP contribution in [0.4, 0.5) is 0 Å². The fourth-order valence-electron chi connectivity index (χ4n) is 4.14. The van der Waals surface area contributed by atoms with Gasteiger partial charge in [0.15, 0.2) is 11.5 Å². The highest BCUT2D eigenvalue weighted by Gasteiger charge is 2.17. The van der Waals surface area contributed by atoms with E-state index in [2.05, 4.69) is 122 Å². The third-order valence-corrected chi connectivity index (χ3v) is 6.32. The molecule has 4 heteroatoms. The summed E-state index contributed by atoms with van der Waals surface area (Å²) in [6.07, 6.45) is 0. The Hall–Kier alpha value is -2.99. The molecule has 6 rings (SSSR count). The zero-order valence-corrected chi connectivity index (χ0v) is 17.0. The maximum absolute atomic E-state index is 4.66. The quantitative estimate of drug-likeness (QED) is 0.204. The summed E-state index contributed by atoms with van der Waals surface area (Å²) in [7, 11) is 0. The third-order valence-electron chi connectivity index (χ3n) is 5.38. The zero-order valence-electron chi connectivity index (χ0n) is 14.8. The van der Waals surface area contributed by atoms with E-state index in [1.165, 1.54) is 25.1 Å². The van der Waals surface area contributed by atoms with Crippen LogP contribution in [0.2, 0.25) is 0 Å². The molecule has 132 valence electrons. The standard InChI is InChI=1S/C24H14IN3/c25-21-13-6-10-15-17(21)11-5-12-20(15)24-27-26-23-19-9-2-1-7-16(19)18-8-3-4-14-22(18)28(23)24/h1-14H. The smallest absolute Gasteiger partial charge is 0.169 e. The number of pyridine rings is 1. The molecular formula is C24H14IN3. The van der Waals surface area contributed by atoms with Crippen LogP contribution in [0.25, 0.3) is 49.5 Å². The molecule has 0 radical (unpaired) electrons. The van der Waals surface area contributed by atoms with Crippen LogP contribution in [0, 0.1) is 3.57 Å². The van der Waals surface area contributed by atoms with Crippen molar-refractivity contribution in [2.45, 2.75) is 0 Å². The Morgan fingerprint density at radius 2 is 1.25 bits per heavy atom. The highest BCUT2D eigenvalue weighted by atomic mass is 127. The number of halogens is 1. The van der Waals surface area contributed by atoms with Gasteiger partial charge in [-0.25, -0.2) is 0 Å². The van der Waals surface area contributed by atoms with Gasteiger partial charge in [0.05, 0.1) is 5.52 Å². The van der Waals surface area contributed by atoms with Gasteiger partial charge in [-0.15, -0.1) is 10.2 Å². The van der Waals surface area contributed by atoms with Gasteiger partial charge >= 0.3 is 0 Å². The molecule has 0 aliphatic rings. The molecule has 0 aliphatic carbocycles. The van der Waals surface area contributed by atoms with Crippen LogP contribution < -0.4 is 0 Å². The fourth-order valence-corrected chi connectivity index (χ4v) is 4.82. The van der Waals surface area contributed by atoms with Crippen molar-refractivity contribution in [2.75, 3.05) is 0 Å². The van der Waals surface area contributed by atoms with Crippen LogP contribution in [-0.4, -0.2) is 14.6 Å². The molecule has 0 amide bonds. The lowest BCUT2D eigenvalue weighted by atomic mass is 10.0. The molecule has 4 aromatic carbocycles. The Morgan fingerprint density at radius 1 is 0.571 bits per heavy atom. The van der Waals surface area contributed by atoms with Gasteiger partial charge in [0, 0.05) is 19.9 Å². The minimum Gasteiger partial charge on any atom is -0.274 e. The number of benzene rings is 4. The zero-order chi connectivity index (χ0) is 18.7. The summed E-state index contributed by atoms with van der Waals surface area (Å²) in [5, 5.41) is 15.2. The van der Waals surface area contributed by atoms with Gasteiger partial charge in [-0.05, 0) is 50.9 Å². The molecule has 0 saturated heterocycles. The number of hydrogen-bond donors (Lipinski definition) is 0. The summed E-state index contributed by atoms with van der Waals surface area (Å²) in [6, 6.07) is 29.7. The van der Waals surface area contributed by atoms with Crippen LogP contribution in [0.15, 0.2) is 84.9 Å². The number of nitrogens with zero attached hydrogens (tertiary/aromatic N) is 3. The highest BCUT2D eigenvalue weighted by molar-refractivity contribution is 14.1. The minimum absolute atomic E-state index is 0.879. The average Bonchev–Trinajstić information content (AvgIpc) is 3.19. The normalized spacial score (nSPS) is 11.8. The van der Waals surface area contributed by atoms with Crippen LogP contribution in [-0.2, 0) is 0 Å². The van der Waals surface area contributed by atoms with Gasteiger partial charge in [-0.1, -0.05) is 72.8 Å². The van der Waals surface area contributed by atoms with E-state index in [0.29, 0.717) is 0 Å².